The molecule has 1 aliphatic carbocycles. The number of carbonyl (C=O) groups excluding carboxylic acids is 1. The lowest BCUT2D eigenvalue weighted by molar-refractivity contribution is -0.154. The average molecular weight is 529 g/mol. The second-order valence-electron chi connectivity index (χ2n) is 8.75. The largest absolute Gasteiger partial charge is 0.466 e. The molecule has 1 saturated heterocycles. The molecule has 0 spiro atoms. The number of alkyl halides is 9. The van der Waals surface area contributed by atoms with Gasteiger partial charge in [-0.2, -0.15) is 39.5 Å². The summed E-state index contributed by atoms with van der Waals surface area (Å²) in [5.74, 6) is -2.20. The number of nitrogens with zero attached hydrogens (tertiary/aromatic N) is 1. The monoisotopic (exact) mass is 529 g/mol. The van der Waals surface area contributed by atoms with Gasteiger partial charge in [-0.15, -0.1) is 0 Å². The van der Waals surface area contributed by atoms with Crippen molar-refractivity contribution in [3.63, 3.8) is 0 Å². The first-order chi connectivity index (χ1) is 16.6. The highest BCUT2D eigenvalue weighted by molar-refractivity contribution is 5.73. The van der Waals surface area contributed by atoms with Gasteiger partial charge in [-0.05, 0) is 62.4 Å². The predicted molar refractivity (Wildman–Crippen MR) is 111 cm³/mol. The highest BCUT2D eigenvalue weighted by atomic mass is 19.4. The molecule has 0 aromatic heterocycles. The molecule has 0 N–H and O–H groups in total. The van der Waals surface area contributed by atoms with E-state index in [0.29, 0.717) is 24.6 Å². The Hall–Kier alpha value is -2.50. The summed E-state index contributed by atoms with van der Waals surface area (Å²) < 4.78 is 125. The first kappa shape index (κ1) is 28.1. The lowest BCUT2D eigenvalue weighted by atomic mass is 9.77. The Balaban J connectivity index is 2.01. The molecule has 3 rings (SSSR count). The van der Waals surface area contributed by atoms with Crippen molar-refractivity contribution < 1.29 is 49.0 Å². The van der Waals surface area contributed by atoms with Crippen LogP contribution in [0.3, 0.4) is 0 Å². The van der Waals surface area contributed by atoms with Crippen molar-refractivity contribution in [1.82, 2.24) is 4.90 Å². The molecule has 1 aromatic rings. The lowest BCUT2D eigenvalue weighted by Crippen LogP contribution is -2.51. The molecule has 0 amide bonds. The minimum atomic E-state index is -4.93. The normalized spacial score (nSPS) is 23.9. The van der Waals surface area contributed by atoms with Crippen LogP contribution in [-0.2, 0) is 28.4 Å². The van der Waals surface area contributed by atoms with Crippen molar-refractivity contribution >= 4 is 5.97 Å². The quantitative estimate of drug-likeness (QED) is 0.306. The Morgan fingerprint density at radius 2 is 1.72 bits per heavy atom. The van der Waals surface area contributed by atoms with Crippen molar-refractivity contribution in [2.45, 2.75) is 57.3 Å². The maximum Gasteiger partial charge on any atom is 0.416 e. The molecule has 1 heterocycles. The molecular weight excluding hydrogens is 505 g/mol. The van der Waals surface area contributed by atoms with Crippen molar-refractivity contribution in [1.29, 1.82) is 0 Å². The van der Waals surface area contributed by atoms with Gasteiger partial charge in [0, 0.05) is 12.6 Å². The van der Waals surface area contributed by atoms with Crippen LogP contribution < -0.4 is 0 Å². The molecule has 1 aromatic carbocycles. The molecule has 0 radical (unpaired) electrons. The summed E-state index contributed by atoms with van der Waals surface area (Å²) in [6.45, 7) is 1.16. The Labute approximate surface area is 201 Å². The van der Waals surface area contributed by atoms with Gasteiger partial charge in [0.1, 0.15) is 0 Å². The van der Waals surface area contributed by atoms with E-state index < -0.39 is 71.2 Å². The highest BCUT2D eigenvalue weighted by Crippen LogP contribution is 2.41. The Morgan fingerprint density at radius 3 is 2.25 bits per heavy atom. The van der Waals surface area contributed by atoms with Crippen LogP contribution in [-0.4, -0.2) is 36.2 Å². The smallest absolute Gasteiger partial charge is 0.416 e. The van der Waals surface area contributed by atoms with E-state index in [4.69, 9.17) is 4.74 Å². The van der Waals surface area contributed by atoms with Gasteiger partial charge in [0.15, 0.2) is 0 Å². The zero-order chi connectivity index (χ0) is 26.9. The summed E-state index contributed by atoms with van der Waals surface area (Å²) in [4.78, 5) is 14.1. The predicted octanol–water partition coefficient (Wildman–Crippen LogP) is 6.93. The minimum absolute atomic E-state index is 0.0204. The van der Waals surface area contributed by atoms with Gasteiger partial charge in [0.2, 0.25) is 0 Å². The molecule has 200 valence electrons. The van der Waals surface area contributed by atoms with Crippen LogP contribution in [0.1, 0.15) is 42.9 Å². The van der Waals surface area contributed by atoms with Gasteiger partial charge < -0.3 is 4.74 Å². The molecule has 3 nitrogen and oxygen atoms in total. The molecule has 36 heavy (non-hydrogen) atoms. The van der Waals surface area contributed by atoms with E-state index in [1.54, 1.807) is 6.92 Å². The van der Waals surface area contributed by atoms with Crippen LogP contribution in [0.2, 0.25) is 0 Å². The number of esters is 1. The van der Waals surface area contributed by atoms with Gasteiger partial charge in [-0.1, -0.05) is 18.2 Å². The van der Waals surface area contributed by atoms with Crippen LogP contribution in [0, 0.1) is 11.8 Å². The van der Waals surface area contributed by atoms with Crippen molar-refractivity contribution in [2.24, 2.45) is 11.8 Å². The molecular formula is C24H24F9NO2. The molecule has 1 fully saturated rings. The molecule has 0 bridgehead atoms. The standard InChI is InChI=1S/C24H24F9NO2/c1-2-36-21(35)18-4-3-11-34(20(18)14-5-7-16(8-6-14)22(25,26)27)13-15-12-17(23(28,29)30)9-10-19(15)24(31,32)33/h5,7-10,12,14,18,20H,2-4,6,11,13H2,1H3/t14?,18-,20-/m0/s1. The summed E-state index contributed by atoms with van der Waals surface area (Å²) in [5.41, 5.74) is -4.01. The summed E-state index contributed by atoms with van der Waals surface area (Å²) >= 11 is 0. The summed E-state index contributed by atoms with van der Waals surface area (Å²) in [6.07, 6.45) is -10.8. The minimum Gasteiger partial charge on any atom is -0.466 e. The zero-order valence-corrected chi connectivity index (χ0v) is 19.1. The summed E-state index contributed by atoms with van der Waals surface area (Å²) in [7, 11) is 0. The average Bonchev–Trinajstić information content (AvgIpc) is 2.77. The van der Waals surface area contributed by atoms with Crippen molar-refractivity contribution in [3.8, 4) is 0 Å². The summed E-state index contributed by atoms with van der Waals surface area (Å²) in [6, 6.07) is 0.301. The van der Waals surface area contributed by atoms with Crippen LogP contribution in [0.25, 0.3) is 0 Å². The van der Waals surface area contributed by atoms with Crippen LogP contribution in [0.4, 0.5) is 39.5 Å². The zero-order valence-electron chi connectivity index (χ0n) is 19.1. The van der Waals surface area contributed by atoms with E-state index in [1.807, 2.05) is 0 Å². The number of halogens is 9. The molecule has 1 unspecified atom stereocenters. The van der Waals surface area contributed by atoms with E-state index in [9.17, 15) is 44.3 Å². The van der Waals surface area contributed by atoms with Gasteiger partial charge in [-0.3, -0.25) is 9.69 Å². The first-order valence-corrected chi connectivity index (χ1v) is 11.3. The molecule has 12 heteroatoms. The van der Waals surface area contributed by atoms with E-state index in [-0.39, 0.29) is 26.0 Å². The summed E-state index contributed by atoms with van der Waals surface area (Å²) in [5, 5.41) is 0. The molecule has 0 saturated carbocycles. The fourth-order valence-corrected chi connectivity index (χ4v) is 4.85. The van der Waals surface area contributed by atoms with Crippen LogP contribution in [0.15, 0.2) is 42.0 Å². The number of benzene rings is 1. The van der Waals surface area contributed by atoms with E-state index >= 15 is 0 Å². The topological polar surface area (TPSA) is 29.5 Å². The number of carbonyl (C=O) groups is 1. The molecule has 1 aliphatic heterocycles. The Bertz CT molecular complexity index is 1010. The molecule has 2 aliphatic rings. The van der Waals surface area contributed by atoms with E-state index in [2.05, 4.69) is 0 Å². The highest BCUT2D eigenvalue weighted by Gasteiger charge is 2.44. The number of likely N-dealkylation sites (tertiary alicyclic amines) is 1. The number of rotatable bonds is 5. The SMILES string of the molecule is CCOC(=O)[C@H]1CCCN(Cc2cc(C(F)(F)F)ccc2C(F)(F)F)[C@H]1C1C=CC(C(F)(F)F)=CC1. The second kappa shape index (κ2) is 10.5. The molecule has 3 atom stereocenters. The first-order valence-electron chi connectivity index (χ1n) is 11.3. The Kier molecular flexibility index (Phi) is 8.17. The number of allylic oxidation sites excluding steroid dienone is 3. The number of hydrogen-bond donors (Lipinski definition) is 0. The third-order valence-corrected chi connectivity index (χ3v) is 6.39. The maximum atomic E-state index is 13.6. The van der Waals surface area contributed by atoms with Crippen LogP contribution in [0.5, 0.6) is 0 Å². The van der Waals surface area contributed by atoms with Crippen LogP contribution >= 0.6 is 0 Å². The lowest BCUT2D eigenvalue weighted by Gasteiger charge is -2.44. The fourth-order valence-electron chi connectivity index (χ4n) is 4.85. The second-order valence-corrected chi connectivity index (χ2v) is 8.75. The van der Waals surface area contributed by atoms with Gasteiger partial charge in [0.05, 0.1) is 29.2 Å². The third kappa shape index (κ3) is 6.43. The number of ether oxygens (including phenoxy) is 1. The van der Waals surface area contributed by atoms with Gasteiger partial charge in [0.25, 0.3) is 0 Å². The van der Waals surface area contributed by atoms with E-state index in [1.165, 1.54) is 11.0 Å². The van der Waals surface area contributed by atoms with Gasteiger partial charge in [-0.25, -0.2) is 0 Å². The number of hydrogen-bond acceptors (Lipinski definition) is 3. The maximum absolute atomic E-state index is 13.6. The third-order valence-electron chi connectivity index (χ3n) is 6.39. The number of piperidine rings is 1. The van der Waals surface area contributed by atoms with Gasteiger partial charge >= 0.3 is 24.5 Å². The van der Waals surface area contributed by atoms with Crippen molar-refractivity contribution in [2.75, 3.05) is 13.2 Å². The Morgan fingerprint density at radius 1 is 1.03 bits per heavy atom. The van der Waals surface area contributed by atoms with E-state index in [0.717, 1.165) is 12.2 Å². The fraction of sp³-hybridized carbons (Fsp3) is 0.542. The van der Waals surface area contributed by atoms with Crippen molar-refractivity contribution in [3.05, 3.63) is 58.7 Å².